The predicted octanol–water partition coefficient (Wildman–Crippen LogP) is 3.02. The summed E-state index contributed by atoms with van der Waals surface area (Å²) in [6, 6.07) is 7.89. The Labute approximate surface area is 192 Å². The molecule has 8 nitrogen and oxygen atoms in total. The van der Waals surface area contributed by atoms with Crippen molar-refractivity contribution in [2.75, 3.05) is 49.6 Å². The number of rotatable bonds is 5. The van der Waals surface area contributed by atoms with Crippen LogP contribution in [0.3, 0.4) is 0 Å². The summed E-state index contributed by atoms with van der Waals surface area (Å²) in [5.41, 5.74) is 2.28. The Kier molecular flexibility index (Phi) is 7.22. The highest BCUT2D eigenvalue weighted by Gasteiger charge is 2.25. The van der Waals surface area contributed by atoms with Crippen LogP contribution in [0.5, 0.6) is 0 Å². The van der Waals surface area contributed by atoms with Gasteiger partial charge in [-0.3, -0.25) is 9.59 Å². The number of piperidine rings is 1. The van der Waals surface area contributed by atoms with Gasteiger partial charge < -0.3 is 19.9 Å². The number of carbonyl (C=O) groups is 2. The lowest BCUT2D eigenvalue weighted by atomic mass is 9.93. The second kappa shape index (κ2) is 10.3. The molecule has 9 heteroatoms. The van der Waals surface area contributed by atoms with E-state index in [1.54, 1.807) is 6.20 Å². The normalized spacial score (nSPS) is 17.3. The quantitative estimate of drug-likeness (QED) is 0.694. The van der Waals surface area contributed by atoms with Gasteiger partial charge in [0.15, 0.2) is 5.15 Å². The van der Waals surface area contributed by atoms with E-state index in [4.69, 9.17) is 16.3 Å². The fraction of sp³-hybridized carbons (Fsp3) is 0.478. The van der Waals surface area contributed by atoms with Gasteiger partial charge in [-0.25, -0.2) is 9.97 Å². The molecule has 0 atom stereocenters. The van der Waals surface area contributed by atoms with E-state index in [0.717, 1.165) is 50.4 Å². The topological polar surface area (TPSA) is 87.7 Å². The standard InChI is InChI=1S/C23H28ClN5O3/c1-16(30)26-20-15-25-21(27-22(20)24)14-17-6-8-29(9-7-17)23(31)18-2-4-19(5-3-18)28-10-12-32-13-11-28/h2-5,15,17H,6-14H2,1H3,(H,26,30). The molecule has 4 rings (SSSR count). The molecule has 0 saturated carbocycles. The number of nitrogens with zero attached hydrogens (tertiary/aromatic N) is 4. The number of halogens is 1. The zero-order valence-corrected chi connectivity index (χ0v) is 19.0. The molecular formula is C23H28ClN5O3. The fourth-order valence-corrected chi connectivity index (χ4v) is 4.38. The number of nitrogens with one attached hydrogen (secondary N) is 1. The summed E-state index contributed by atoms with van der Waals surface area (Å²) < 4.78 is 5.40. The number of carbonyl (C=O) groups excluding carboxylic acids is 2. The average Bonchev–Trinajstić information content (AvgIpc) is 2.81. The predicted molar refractivity (Wildman–Crippen MR) is 123 cm³/mol. The maximum Gasteiger partial charge on any atom is 0.253 e. The summed E-state index contributed by atoms with van der Waals surface area (Å²) in [5.74, 6) is 0.921. The third-order valence-electron chi connectivity index (χ3n) is 5.97. The van der Waals surface area contributed by atoms with Crippen LogP contribution >= 0.6 is 11.6 Å². The molecule has 0 aliphatic carbocycles. The molecule has 2 saturated heterocycles. The summed E-state index contributed by atoms with van der Waals surface area (Å²) in [7, 11) is 0. The maximum atomic E-state index is 12.9. The van der Waals surface area contributed by atoms with Gasteiger partial charge in [0.1, 0.15) is 5.82 Å². The molecule has 1 aromatic carbocycles. The van der Waals surface area contributed by atoms with E-state index in [1.807, 2.05) is 29.2 Å². The summed E-state index contributed by atoms with van der Waals surface area (Å²) in [4.78, 5) is 37.0. The minimum Gasteiger partial charge on any atom is -0.378 e. The molecule has 2 aliphatic rings. The van der Waals surface area contributed by atoms with Crippen molar-refractivity contribution in [2.24, 2.45) is 5.92 Å². The van der Waals surface area contributed by atoms with Gasteiger partial charge in [0.2, 0.25) is 5.91 Å². The van der Waals surface area contributed by atoms with Crippen molar-refractivity contribution in [3.05, 3.63) is 47.0 Å². The van der Waals surface area contributed by atoms with Crippen LogP contribution in [0.4, 0.5) is 11.4 Å². The highest BCUT2D eigenvalue weighted by atomic mass is 35.5. The molecular weight excluding hydrogens is 430 g/mol. The molecule has 3 heterocycles. The minimum absolute atomic E-state index is 0.0796. The van der Waals surface area contributed by atoms with Gasteiger partial charge in [-0.05, 0) is 43.0 Å². The monoisotopic (exact) mass is 457 g/mol. The summed E-state index contributed by atoms with van der Waals surface area (Å²) in [6.07, 6.45) is 4.04. The Morgan fingerprint density at radius 3 is 2.44 bits per heavy atom. The SMILES string of the molecule is CC(=O)Nc1cnc(CC2CCN(C(=O)c3ccc(N4CCOCC4)cc3)CC2)nc1Cl. The maximum absolute atomic E-state index is 12.9. The summed E-state index contributed by atoms with van der Waals surface area (Å²) >= 11 is 6.16. The molecule has 2 amide bonds. The van der Waals surface area contributed by atoms with Crippen LogP contribution in [0.25, 0.3) is 0 Å². The molecule has 0 unspecified atom stereocenters. The van der Waals surface area contributed by atoms with Crippen molar-refractivity contribution in [2.45, 2.75) is 26.2 Å². The van der Waals surface area contributed by atoms with Gasteiger partial charge >= 0.3 is 0 Å². The molecule has 32 heavy (non-hydrogen) atoms. The number of ether oxygens (including phenoxy) is 1. The second-order valence-electron chi connectivity index (χ2n) is 8.26. The van der Waals surface area contributed by atoms with E-state index < -0.39 is 0 Å². The van der Waals surface area contributed by atoms with Crippen molar-refractivity contribution in [1.29, 1.82) is 0 Å². The first-order valence-corrected chi connectivity index (χ1v) is 11.4. The Balaban J connectivity index is 1.29. The zero-order valence-electron chi connectivity index (χ0n) is 18.2. The fourth-order valence-electron chi connectivity index (χ4n) is 4.18. The van der Waals surface area contributed by atoms with E-state index in [-0.39, 0.29) is 17.0 Å². The van der Waals surface area contributed by atoms with Crippen molar-refractivity contribution >= 4 is 34.8 Å². The molecule has 170 valence electrons. The van der Waals surface area contributed by atoms with Crippen LogP contribution < -0.4 is 10.2 Å². The van der Waals surface area contributed by atoms with Crippen molar-refractivity contribution < 1.29 is 14.3 Å². The van der Waals surface area contributed by atoms with Gasteiger partial charge in [0.05, 0.1) is 25.1 Å². The lowest BCUT2D eigenvalue weighted by molar-refractivity contribution is -0.114. The smallest absolute Gasteiger partial charge is 0.253 e. The van der Waals surface area contributed by atoms with E-state index in [0.29, 0.717) is 36.9 Å². The van der Waals surface area contributed by atoms with Gasteiger partial charge in [-0.15, -0.1) is 0 Å². The Morgan fingerprint density at radius 2 is 1.81 bits per heavy atom. The van der Waals surface area contributed by atoms with Gasteiger partial charge in [0, 0.05) is 50.8 Å². The van der Waals surface area contributed by atoms with Crippen LogP contribution in [0, 0.1) is 5.92 Å². The number of aromatic nitrogens is 2. The second-order valence-corrected chi connectivity index (χ2v) is 8.62. The number of hydrogen-bond acceptors (Lipinski definition) is 6. The lowest BCUT2D eigenvalue weighted by Crippen LogP contribution is -2.39. The highest BCUT2D eigenvalue weighted by Crippen LogP contribution is 2.25. The van der Waals surface area contributed by atoms with Crippen LogP contribution in [-0.2, 0) is 16.0 Å². The molecule has 2 aliphatic heterocycles. The third kappa shape index (κ3) is 5.55. The van der Waals surface area contributed by atoms with Gasteiger partial charge in [0.25, 0.3) is 5.91 Å². The minimum atomic E-state index is -0.212. The third-order valence-corrected chi connectivity index (χ3v) is 6.25. The van der Waals surface area contributed by atoms with Crippen molar-refractivity contribution in [3.8, 4) is 0 Å². The van der Waals surface area contributed by atoms with Gasteiger partial charge in [-0.1, -0.05) is 11.6 Å². The first kappa shape index (κ1) is 22.5. The van der Waals surface area contributed by atoms with Crippen molar-refractivity contribution in [3.63, 3.8) is 0 Å². The van der Waals surface area contributed by atoms with Crippen LogP contribution in [0.1, 0.15) is 35.9 Å². The summed E-state index contributed by atoms with van der Waals surface area (Å²) in [5, 5.41) is 2.86. The van der Waals surface area contributed by atoms with Crippen molar-refractivity contribution in [1.82, 2.24) is 14.9 Å². The summed E-state index contributed by atoms with van der Waals surface area (Å²) in [6.45, 7) is 6.09. The average molecular weight is 458 g/mol. The molecule has 0 radical (unpaired) electrons. The van der Waals surface area contributed by atoms with Crippen LogP contribution in [0.2, 0.25) is 5.15 Å². The molecule has 2 aromatic rings. The van der Waals surface area contributed by atoms with E-state index in [1.165, 1.54) is 6.92 Å². The Morgan fingerprint density at radius 1 is 1.12 bits per heavy atom. The van der Waals surface area contributed by atoms with Crippen LogP contribution in [0.15, 0.2) is 30.5 Å². The molecule has 0 spiro atoms. The van der Waals surface area contributed by atoms with Gasteiger partial charge in [-0.2, -0.15) is 0 Å². The lowest BCUT2D eigenvalue weighted by Gasteiger charge is -2.32. The Bertz CT molecular complexity index is 955. The van der Waals surface area contributed by atoms with Crippen LogP contribution in [-0.4, -0.2) is 66.1 Å². The molecule has 1 N–H and O–H groups in total. The Hall–Kier alpha value is -2.71. The number of likely N-dealkylation sites (tertiary alicyclic amines) is 1. The molecule has 2 fully saturated rings. The van der Waals surface area contributed by atoms with E-state index >= 15 is 0 Å². The first-order valence-electron chi connectivity index (χ1n) is 11.0. The number of benzene rings is 1. The highest BCUT2D eigenvalue weighted by molar-refractivity contribution is 6.32. The molecule has 0 bridgehead atoms. The van der Waals surface area contributed by atoms with E-state index in [9.17, 15) is 9.59 Å². The number of morpholine rings is 1. The number of amides is 2. The zero-order chi connectivity index (χ0) is 22.5. The van der Waals surface area contributed by atoms with E-state index in [2.05, 4.69) is 20.2 Å². The molecule has 1 aromatic heterocycles. The number of anilines is 2. The number of hydrogen-bond donors (Lipinski definition) is 1. The largest absolute Gasteiger partial charge is 0.378 e. The first-order chi connectivity index (χ1) is 15.5.